The summed E-state index contributed by atoms with van der Waals surface area (Å²) in [7, 11) is 0. The van der Waals surface area contributed by atoms with E-state index in [2.05, 4.69) is 55.7 Å². The van der Waals surface area contributed by atoms with Crippen molar-refractivity contribution in [2.45, 2.75) is 64.6 Å². The number of pyridine rings is 1. The molecule has 0 aliphatic carbocycles. The highest BCUT2D eigenvalue weighted by Gasteiger charge is 2.32. The van der Waals surface area contributed by atoms with Gasteiger partial charge >= 0.3 is 6.03 Å². The second kappa shape index (κ2) is 14.3. The van der Waals surface area contributed by atoms with Gasteiger partial charge < -0.3 is 26.5 Å². The number of amides is 2. The van der Waals surface area contributed by atoms with Crippen LogP contribution in [0.1, 0.15) is 62.6 Å². The molecule has 2 aromatic rings. The van der Waals surface area contributed by atoms with Crippen LogP contribution in [0.2, 0.25) is 0 Å². The molecule has 0 spiro atoms. The second-order valence-electron chi connectivity index (χ2n) is 8.19. The molecule has 0 fully saturated rings. The highest BCUT2D eigenvalue weighted by atomic mass is 79.9. The van der Waals surface area contributed by atoms with Gasteiger partial charge in [-0.15, -0.1) is 0 Å². The van der Waals surface area contributed by atoms with Crippen LogP contribution in [0.15, 0.2) is 52.2 Å². The normalized spacial score (nSPS) is 13.1. The number of rotatable bonds is 13. The first-order valence-corrected chi connectivity index (χ1v) is 12.5. The number of aldehydes is 1. The summed E-state index contributed by atoms with van der Waals surface area (Å²) in [5, 5.41) is 8.81. The van der Waals surface area contributed by atoms with Gasteiger partial charge in [0.15, 0.2) is 5.96 Å². The van der Waals surface area contributed by atoms with E-state index in [4.69, 9.17) is 5.73 Å². The quantitative estimate of drug-likeness (QED) is 0.134. The van der Waals surface area contributed by atoms with Crippen molar-refractivity contribution >= 4 is 34.2 Å². The van der Waals surface area contributed by atoms with Gasteiger partial charge in [0.2, 0.25) is 0 Å². The Bertz CT molecular complexity index is 951. The summed E-state index contributed by atoms with van der Waals surface area (Å²) in [6, 6.07) is 9.50. The Kier molecular flexibility index (Phi) is 11.5. The lowest BCUT2D eigenvalue weighted by Crippen LogP contribution is -2.50. The van der Waals surface area contributed by atoms with E-state index in [1.807, 2.05) is 30.3 Å². The molecule has 8 nitrogen and oxygen atoms in total. The fourth-order valence-corrected chi connectivity index (χ4v) is 3.74. The maximum Gasteiger partial charge on any atom is 0.315 e. The van der Waals surface area contributed by atoms with Gasteiger partial charge in [-0.05, 0) is 46.0 Å². The van der Waals surface area contributed by atoms with Crippen LogP contribution in [0.5, 0.6) is 0 Å². The number of nitrogens with one attached hydrogen (secondary N) is 3. The van der Waals surface area contributed by atoms with Gasteiger partial charge in [0.1, 0.15) is 11.8 Å². The van der Waals surface area contributed by atoms with E-state index < -0.39 is 5.54 Å². The Morgan fingerprint density at radius 1 is 1.12 bits per heavy atom. The molecule has 0 radical (unpaired) electrons. The largest absolute Gasteiger partial charge is 0.370 e. The smallest absolute Gasteiger partial charge is 0.315 e. The summed E-state index contributed by atoms with van der Waals surface area (Å²) in [6.07, 6.45) is 8.60. The zero-order valence-corrected chi connectivity index (χ0v) is 21.5. The summed E-state index contributed by atoms with van der Waals surface area (Å²) in [5.41, 5.74) is 7.89. The Labute approximate surface area is 210 Å². The van der Waals surface area contributed by atoms with Crippen molar-refractivity contribution in [3.8, 4) is 0 Å². The highest BCUT2D eigenvalue weighted by molar-refractivity contribution is 9.10. The molecule has 1 atom stereocenters. The molecule has 1 unspecified atom stereocenters. The summed E-state index contributed by atoms with van der Waals surface area (Å²) >= 11 is 3.42. The number of hydrogen-bond acceptors (Lipinski definition) is 4. The molecule has 1 heterocycles. The van der Waals surface area contributed by atoms with Gasteiger partial charge in [-0.3, -0.25) is 4.98 Å². The van der Waals surface area contributed by atoms with E-state index in [1.54, 1.807) is 12.4 Å². The molecule has 0 saturated carbocycles. The SMILES string of the molecule is CCCCNC(=O)NCc1ccc(CN=C(N)NC(C=O)(CCCC)c2cncc(Br)c2)cc1. The fourth-order valence-electron chi connectivity index (χ4n) is 3.38. The van der Waals surface area contributed by atoms with Crippen LogP contribution < -0.4 is 21.7 Å². The van der Waals surface area contributed by atoms with Crippen LogP contribution in [0.25, 0.3) is 0 Å². The van der Waals surface area contributed by atoms with Gasteiger partial charge in [-0.2, -0.15) is 0 Å². The van der Waals surface area contributed by atoms with Gasteiger partial charge in [-0.25, -0.2) is 9.79 Å². The molecular formula is C25H35BrN6O2. The number of urea groups is 1. The van der Waals surface area contributed by atoms with E-state index in [-0.39, 0.29) is 12.0 Å². The zero-order chi connectivity index (χ0) is 24.8. The minimum Gasteiger partial charge on any atom is -0.370 e. The molecular weight excluding hydrogens is 496 g/mol. The molecule has 9 heteroatoms. The van der Waals surface area contributed by atoms with Crippen molar-refractivity contribution in [1.29, 1.82) is 0 Å². The Balaban J connectivity index is 1.99. The Morgan fingerprint density at radius 2 is 1.82 bits per heavy atom. The van der Waals surface area contributed by atoms with Crippen molar-refractivity contribution in [3.63, 3.8) is 0 Å². The molecule has 2 rings (SSSR count). The van der Waals surface area contributed by atoms with Crippen molar-refractivity contribution in [2.75, 3.05) is 6.54 Å². The average molecular weight is 531 g/mol. The first-order valence-electron chi connectivity index (χ1n) is 11.7. The van der Waals surface area contributed by atoms with E-state index in [0.717, 1.165) is 53.1 Å². The predicted molar refractivity (Wildman–Crippen MR) is 139 cm³/mol. The zero-order valence-electron chi connectivity index (χ0n) is 19.9. The third-order valence-electron chi connectivity index (χ3n) is 5.42. The van der Waals surface area contributed by atoms with Crippen molar-refractivity contribution in [3.05, 3.63) is 63.9 Å². The molecule has 0 saturated heterocycles. The van der Waals surface area contributed by atoms with Crippen molar-refractivity contribution in [2.24, 2.45) is 10.7 Å². The van der Waals surface area contributed by atoms with E-state index in [0.29, 0.717) is 26.1 Å². The fraction of sp³-hybridized carbons (Fsp3) is 0.440. The second-order valence-corrected chi connectivity index (χ2v) is 9.11. The number of nitrogens with zero attached hydrogens (tertiary/aromatic N) is 2. The van der Waals surface area contributed by atoms with Gasteiger partial charge in [0.25, 0.3) is 0 Å². The standard InChI is InChI=1S/C25H35BrN6O2/c1-3-5-11-25(18-33,21-13-22(26)17-28-16-21)32-23(27)30-14-19-7-9-20(10-8-19)15-31-24(34)29-12-6-4-2/h7-10,13,16-18H,3-6,11-12,14-15H2,1-2H3,(H3,27,30,32)(H2,29,31,34). The number of benzene rings is 1. The number of unbranched alkanes of at least 4 members (excludes halogenated alkanes) is 2. The lowest BCUT2D eigenvalue weighted by Gasteiger charge is -2.30. The van der Waals surface area contributed by atoms with Crippen molar-refractivity contribution in [1.82, 2.24) is 20.9 Å². The van der Waals surface area contributed by atoms with Crippen LogP contribution in [-0.4, -0.2) is 29.8 Å². The molecule has 0 aliphatic rings. The first-order chi connectivity index (χ1) is 16.4. The summed E-state index contributed by atoms with van der Waals surface area (Å²) in [6.45, 7) is 5.65. The minimum atomic E-state index is -0.992. The van der Waals surface area contributed by atoms with Crippen LogP contribution in [0.4, 0.5) is 4.79 Å². The van der Waals surface area contributed by atoms with Crippen LogP contribution in [0.3, 0.4) is 0 Å². The average Bonchev–Trinajstić information content (AvgIpc) is 2.85. The number of halogens is 1. The summed E-state index contributed by atoms with van der Waals surface area (Å²) in [4.78, 5) is 32.6. The molecule has 0 bridgehead atoms. The first kappa shape index (κ1) is 27.3. The maximum absolute atomic E-state index is 12.2. The molecule has 1 aromatic carbocycles. The predicted octanol–water partition coefficient (Wildman–Crippen LogP) is 4.13. The maximum atomic E-state index is 12.2. The number of carbonyl (C=O) groups excluding carboxylic acids is 2. The van der Waals surface area contributed by atoms with Gasteiger partial charge in [-0.1, -0.05) is 57.4 Å². The molecule has 1 aromatic heterocycles. The Hall–Kier alpha value is -2.94. The van der Waals surface area contributed by atoms with Gasteiger partial charge in [0.05, 0.1) is 6.54 Å². The number of nitrogens with two attached hydrogens (primary N) is 1. The third-order valence-corrected chi connectivity index (χ3v) is 5.85. The molecule has 34 heavy (non-hydrogen) atoms. The van der Waals surface area contributed by atoms with E-state index in [1.165, 1.54) is 0 Å². The lowest BCUT2D eigenvalue weighted by atomic mass is 9.87. The number of carbonyl (C=O) groups is 2. The lowest BCUT2D eigenvalue weighted by molar-refractivity contribution is -0.113. The Morgan fingerprint density at radius 3 is 2.47 bits per heavy atom. The van der Waals surface area contributed by atoms with Crippen LogP contribution >= 0.6 is 15.9 Å². The summed E-state index contributed by atoms with van der Waals surface area (Å²) < 4.78 is 0.790. The number of aromatic nitrogens is 1. The van der Waals surface area contributed by atoms with Gasteiger partial charge in [0, 0.05) is 35.5 Å². The van der Waals surface area contributed by atoms with Crippen molar-refractivity contribution < 1.29 is 9.59 Å². The topological polar surface area (TPSA) is 122 Å². The monoisotopic (exact) mass is 530 g/mol. The molecule has 0 aliphatic heterocycles. The number of aliphatic imine (C=N–C) groups is 1. The minimum absolute atomic E-state index is 0.164. The van der Waals surface area contributed by atoms with E-state index >= 15 is 0 Å². The van der Waals surface area contributed by atoms with E-state index in [9.17, 15) is 9.59 Å². The van der Waals surface area contributed by atoms with Crippen LogP contribution in [0, 0.1) is 0 Å². The molecule has 5 N–H and O–H groups in total. The van der Waals surface area contributed by atoms with Crippen LogP contribution in [-0.2, 0) is 23.4 Å². The molecule has 184 valence electrons. The molecule has 2 amide bonds. The third kappa shape index (κ3) is 8.78. The number of guanidine groups is 1. The number of hydrogen-bond donors (Lipinski definition) is 4. The summed E-state index contributed by atoms with van der Waals surface area (Å²) in [5.74, 6) is 0.192. The highest BCUT2D eigenvalue weighted by Crippen LogP contribution is 2.27.